The summed E-state index contributed by atoms with van der Waals surface area (Å²) in [5, 5.41) is 6.44. The summed E-state index contributed by atoms with van der Waals surface area (Å²) in [5.74, 6) is 0.439. The van der Waals surface area contributed by atoms with Crippen molar-refractivity contribution in [3.8, 4) is 0 Å². The fourth-order valence-electron chi connectivity index (χ4n) is 3.16. The highest BCUT2D eigenvalue weighted by Gasteiger charge is 2.28. The average molecular weight is 335 g/mol. The predicted octanol–water partition coefficient (Wildman–Crippen LogP) is 2.42. The third-order valence-corrected chi connectivity index (χ3v) is 4.33. The van der Waals surface area contributed by atoms with Gasteiger partial charge in [0.2, 0.25) is 0 Å². The average Bonchev–Trinajstić information content (AvgIpc) is 2.90. The van der Waals surface area contributed by atoms with Gasteiger partial charge in [0.25, 0.3) is 0 Å². The van der Waals surface area contributed by atoms with Crippen LogP contribution in [-0.2, 0) is 4.79 Å². The Morgan fingerprint density at radius 3 is 2.52 bits per heavy atom. The molecule has 0 atom stereocenters. The SMILES string of the molecule is CC(=O)C1=C(CN2CCC(c3ccccc3)CC2)NC(=O)[N]1.Cl. The van der Waals surface area contributed by atoms with Crippen molar-refractivity contribution in [1.29, 1.82) is 0 Å². The molecule has 0 aromatic heterocycles. The number of allylic oxidation sites excluding steroid dienone is 1. The Morgan fingerprint density at radius 2 is 1.91 bits per heavy atom. The Kier molecular flexibility index (Phi) is 5.80. The number of hydrogen-bond donors (Lipinski definition) is 1. The van der Waals surface area contributed by atoms with Crippen LogP contribution in [0.2, 0.25) is 0 Å². The zero-order valence-corrected chi connectivity index (χ0v) is 13.9. The molecule has 1 fully saturated rings. The van der Waals surface area contributed by atoms with Gasteiger partial charge in [-0.2, -0.15) is 5.32 Å². The number of likely N-dealkylation sites (tertiary alicyclic amines) is 1. The number of benzene rings is 1. The van der Waals surface area contributed by atoms with Crippen molar-refractivity contribution in [1.82, 2.24) is 15.5 Å². The Hall–Kier alpha value is -1.85. The molecule has 2 aliphatic rings. The number of nitrogens with one attached hydrogen (secondary N) is 1. The van der Waals surface area contributed by atoms with Gasteiger partial charge in [-0.15, -0.1) is 12.4 Å². The van der Waals surface area contributed by atoms with Crippen LogP contribution in [0.1, 0.15) is 31.2 Å². The molecule has 2 amide bonds. The summed E-state index contributed by atoms with van der Waals surface area (Å²) >= 11 is 0. The molecular weight excluding hydrogens is 314 g/mol. The lowest BCUT2D eigenvalue weighted by molar-refractivity contribution is -0.113. The van der Waals surface area contributed by atoms with E-state index in [0.717, 1.165) is 25.9 Å². The van der Waals surface area contributed by atoms with Gasteiger partial charge in [0.1, 0.15) is 5.70 Å². The number of amides is 2. The monoisotopic (exact) mass is 334 g/mol. The number of ketones is 1. The lowest BCUT2D eigenvalue weighted by Gasteiger charge is -2.32. The van der Waals surface area contributed by atoms with E-state index in [1.165, 1.54) is 12.5 Å². The summed E-state index contributed by atoms with van der Waals surface area (Å²) in [6.07, 6.45) is 2.19. The normalized spacial score (nSPS) is 19.1. The molecule has 1 aromatic rings. The first-order valence-electron chi connectivity index (χ1n) is 7.67. The number of carbonyl (C=O) groups is 2. The molecule has 1 saturated heterocycles. The van der Waals surface area contributed by atoms with Gasteiger partial charge in [-0.25, -0.2) is 4.79 Å². The molecule has 123 valence electrons. The Morgan fingerprint density at radius 1 is 1.26 bits per heavy atom. The second-order valence-corrected chi connectivity index (χ2v) is 5.89. The van der Waals surface area contributed by atoms with E-state index >= 15 is 0 Å². The van der Waals surface area contributed by atoms with E-state index in [1.807, 2.05) is 6.07 Å². The summed E-state index contributed by atoms with van der Waals surface area (Å²) in [6, 6.07) is 10.2. The van der Waals surface area contributed by atoms with Crippen LogP contribution in [0, 0.1) is 0 Å². The van der Waals surface area contributed by atoms with Crippen molar-refractivity contribution >= 4 is 24.2 Å². The Balaban J connectivity index is 0.00000192. The zero-order chi connectivity index (χ0) is 15.5. The molecule has 3 rings (SSSR count). The van der Waals surface area contributed by atoms with Crippen molar-refractivity contribution in [2.75, 3.05) is 19.6 Å². The molecular formula is C17H21ClN3O2. The second kappa shape index (κ2) is 7.62. The molecule has 0 unspecified atom stereocenters. The van der Waals surface area contributed by atoms with Gasteiger partial charge in [-0.05, 0) is 37.4 Å². The molecule has 1 N–H and O–H groups in total. The minimum Gasteiger partial charge on any atom is -0.306 e. The summed E-state index contributed by atoms with van der Waals surface area (Å²) in [5.41, 5.74) is 2.33. The van der Waals surface area contributed by atoms with Crippen molar-refractivity contribution in [3.63, 3.8) is 0 Å². The molecule has 2 aliphatic heterocycles. The van der Waals surface area contributed by atoms with Gasteiger partial charge < -0.3 is 5.32 Å². The molecule has 2 heterocycles. The number of halogens is 1. The highest BCUT2D eigenvalue weighted by atomic mass is 35.5. The quantitative estimate of drug-likeness (QED) is 0.919. The van der Waals surface area contributed by atoms with Crippen LogP contribution < -0.4 is 10.6 Å². The molecule has 0 aliphatic carbocycles. The highest BCUT2D eigenvalue weighted by Crippen LogP contribution is 2.28. The predicted molar refractivity (Wildman–Crippen MR) is 90.5 cm³/mol. The smallest absolute Gasteiger partial charge is 0.306 e. The molecule has 23 heavy (non-hydrogen) atoms. The van der Waals surface area contributed by atoms with E-state index in [2.05, 4.69) is 39.8 Å². The van der Waals surface area contributed by atoms with Crippen LogP contribution in [0.15, 0.2) is 41.7 Å². The standard InChI is InChI=1S/C17H20N3O2.ClH/c1-12(21)16-15(18-17(22)19-16)11-20-9-7-14(8-10-20)13-5-3-2-4-6-13;/h2-6,14H,7-11H2,1H3,(H,18,22);1H. The molecule has 6 heteroatoms. The first-order valence-corrected chi connectivity index (χ1v) is 7.67. The van der Waals surface area contributed by atoms with Gasteiger partial charge in [0.15, 0.2) is 5.78 Å². The third kappa shape index (κ3) is 4.12. The number of piperidine rings is 1. The summed E-state index contributed by atoms with van der Waals surface area (Å²) in [7, 11) is 0. The second-order valence-electron chi connectivity index (χ2n) is 5.89. The molecule has 5 nitrogen and oxygen atoms in total. The van der Waals surface area contributed by atoms with Crippen LogP contribution in [0.5, 0.6) is 0 Å². The minimum atomic E-state index is -0.431. The van der Waals surface area contributed by atoms with Crippen LogP contribution in [-0.4, -0.2) is 36.3 Å². The fourth-order valence-corrected chi connectivity index (χ4v) is 3.16. The van der Waals surface area contributed by atoms with E-state index < -0.39 is 6.03 Å². The lowest BCUT2D eigenvalue weighted by Crippen LogP contribution is -2.36. The van der Waals surface area contributed by atoms with Crippen LogP contribution in [0.25, 0.3) is 0 Å². The number of hydrogen-bond acceptors (Lipinski definition) is 3. The van der Waals surface area contributed by atoms with E-state index in [4.69, 9.17) is 0 Å². The van der Waals surface area contributed by atoms with E-state index in [-0.39, 0.29) is 23.9 Å². The van der Waals surface area contributed by atoms with Crippen molar-refractivity contribution in [2.45, 2.75) is 25.7 Å². The van der Waals surface area contributed by atoms with Crippen molar-refractivity contribution in [3.05, 3.63) is 47.3 Å². The van der Waals surface area contributed by atoms with Gasteiger partial charge in [-0.3, -0.25) is 9.69 Å². The van der Waals surface area contributed by atoms with Gasteiger partial charge in [0, 0.05) is 13.5 Å². The third-order valence-electron chi connectivity index (χ3n) is 4.33. The van der Waals surface area contributed by atoms with Crippen molar-refractivity contribution in [2.24, 2.45) is 0 Å². The Bertz CT molecular complexity index is 608. The molecule has 0 saturated carbocycles. The maximum atomic E-state index is 11.5. The molecule has 1 radical (unpaired) electrons. The summed E-state index contributed by atoms with van der Waals surface area (Å²) < 4.78 is 0. The first kappa shape index (κ1) is 17.5. The first-order chi connectivity index (χ1) is 10.6. The van der Waals surface area contributed by atoms with Crippen LogP contribution >= 0.6 is 12.4 Å². The van der Waals surface area contributed by atoms with Gasteiger partial charge in [0.05, 0.1) is 5.70 Å². The maximum absolute atomic E-state index is 11.5. The van der Waals surface area contributed by atoms with Gasteiger partial charge >= 0.3 is 6.03 Å². The lowest BCUT2D eigenvalue weighted by atomic mass is 9.89. The van der Waals surface area contributed by atoms with Gasteiger partial charge in [-0.1, -0.05) is 30.3 Å². The number of nitrogens with zero attached hydrogens (tertiary/aromatic N) is 2. The number of rotatable bonds is 4. The number of carbonyl (C=O) groups excluding carboxylic acids is 2. The molecule has 1 aromatic carbocycles. The molecule has 0 bridgehead atoms. The largest absolute Gasteiger partial charge is 0.345 e. The number of urea groups is 1. The van der Waals surface area contributed by atoms with Crippen LogP contribution in [0.4, 0.5) is 4.79 Å². The summed E-state index contributed by atoms with van der Waals surface area (Å²) in [6.45, 7) is 3.96. The topological polar surface area (TPSA) is 63.5 Å². The fraction of sp³-hybridized carbons (Fsp3) is 0.412. The zero-order valence-electron chi connectivity index (χ0n) is 13.1. The van der Waals surface area contributed by atoms with E-state index in [0.29, 0.717) is 18.2 Å². The van der Waals surface area contributed by atoms with Crippen LogP contribution in [0.3, 0.4) is 0 Å². The summed E-state index contributed by atoms with van der Waals surface area (Å²) in [4.78, 5) is 25.2. The minimum absolute atomic E-state index is 0. The van der Waals surface area contributed by atoms with Crippen molar-refractivity contribution < 1.29 is 9.59 Å². The molecule has 0 spiro atoms. The number of Topliss-reactive ketones (excluding diaryl/α,β-unsaturated/α-hetero) is 1. The maximum Gasteiger partial charge on any atom is 0.345 e. The Labute approximate surface area is 142 Å². The van der Waals surface area contributed by atoms with E-state index in [1.54, 1.807) is 0 Å². The van der Waals surface area contributed by atoms with E-state index in [9.17, 15) is 9.59 Å². The highest BCUT2D eigenvalue weighted by molar-refractivity contribution is 6.00.